The van der Waals surface area contributed by atoms with E-state index in [2.05, 4.69) is 0 Å². The first kappa shape index (κ1) is 10.4. The van der Waals surface area contributed by atoms with Crippen LogP contribution >= 0.6 is 11.6 Å². The van der Waals surface area contributed by atoms with Gasteiger partial charge in [0.1, 0.15) is 5.75 Å². The first-order valence-electron chi connectivity index (χ1n) is 4.32. The van der Waals surface area contributed by atoms with E-state index in [1.165, 1.54) is 0 Å². The van der Waals surface area contributed by atoms with Crippen molar-refractivity contribution in [3.05, 3.63) is 29.3 Å². The second-order valence-electron chi connectivity index (χ2n) is 2.82. The number of hydrogen-bond acceptors (Lipinski definition) is 2. The van der Waals surface area contributed by atoms with Crippen LogP contribution < -0.4 is 4.74 Å². The van der Waals surface area contributed by atoms with E-state index in [1.807, 2.05) is 6.92 Å². The van der Waals surface area contributed by atoms with Crippen molar-refractivity contribution < 1.29 is 9.84 Å². The SMILES string of the molecule is CCCC(O)Oc1ccc(Cl)cc1. The van der Waals surface area contributed by atoms with E-state index in [4.69, 9.17) is 16.3 Å². The molecule has 1 atom stereocenters. The van der Waals surface area contributed by atoms with Crippen LogP contribution in [0.3, 0.4) is 0 Å². The third-order valence-corrected chi connectivity index (χ3v) is 1.87. The highest BCUT2D eigenvalue weighted by atomic mass is 35.5. The van der Waals surface area contributed by atoms with Gasteiger partial charge in [0.2, 0.25) is 0 Å². The van der Waals surface area contributed by atoms with Crippen LogP contribution in [0.1, 0.15) is 19.8 Å². The molecule has 0 saturated carbocycles. The van der Waals surface area contributed by atoms with Crippen LogP contribution in [0.4, 0.5) is 0 Å². The molecular weight excluding hydrogens is 188 g/mol. The minimum atomic E-state index is -0.717. The molecule has 0 aliphatic heterocycles. The summed E-state index contributed by atoms with van der Waals surface area (Å²) >= 11 is 5.69. The molecule has 0 spiro atoms. The quantitative estimate of drug-likeness (QED) is 0.758. The molecule has 1 aromatic carbocycles. The lowest BCUT2D eigenvalue weighted by molar-refractivity contribution is -0.0232. The van der Waals surface area contributed by atoms with Crippen LogP contribution in [-0.2, 0) is 0 Å². The highest BCUT2D eigenvalue weighted by Crippen LogP contribution is 2.17. The monoisotopic (exact) mass is 200 g/mol. The van der Waals surface area contributed by atoms with Crippen LogP contribution in [-0.4, -0.2) is 11.4 Å². The van der Waals surface area contributed by atoms with Crippen molar-refractivity contribution in [2.75, 3.05) is 0 Å². The molecule has 13 heavy (non-hydrogen) atoms. The summed E-state index contributed by atoms with van der Waals surface area (Å²) in [5, 5.41) is 9.98. The summed E-state index contributed by atoms with van der Waals surface area (Å²) in [7, 11) is 0. The average molecular weight is 201 g/mol. The van der Waals surface area contributed by atoms with Gasteiger partial charge in [-0.1, -0.05) is 24.9 Å². The van der Waals surface area contributed by atoms with Crippen molar-refractivity contribution in [3.8, 4) is 5.75 Å². The van der Waals surface area contributed by atoms with E-state index in [0.29, 0.717) is 17.2 Å². The minimum absolute atomic E-state index is 0.641. The molecule has 0 aromatic heterocycles. The third kappa shape index (κ3) is 3.66. The molecule has 72 valence electrons. The zero-order valence-corrected chi connectivity index (χ0v) is 8.29. The van der Waals surface area contributed by atoms with Gasteiger partial charge in [0.05, 0.1) is 0 Å². The first-order chi connectivity index (χ1) is 6.22. The maximum atomic E-state index is 9.32. The molecule has 0 saturated heterocycles. The van der Waals surface area contributed by atoms with Gasteiger partial charge < -0.3 is 9.84 Å². The molecule has 1 N–H and O–H groups in total. The predicted molar refractivity (Wildman–Crippen MR) is 53.0 cm³/mol. The number of hydrogen-bond donors (Lipinski definition) is 1. The van der Waals surface area contributed by atoms with Crippen LogP contribution in [0, 0.1) is 0 Å². The second-order valence-corrected chi connectivity index (χ2v) is 3.25. The fourth-order valence-electron chi connectivity index (χ4n) is 0.976. The van der Waals surface area contributed by atoms with Gasteiger partial charge in [-0.15, -0.1) is 0 Å². The van der Waals surface area contributed by atoms with Gasteiger partial charge in [-0.3, -0.25) is 0 Å². The number of benzene rings is 1. The summed E-state index contributed by atoms with van der Waals surface area (Å²) < 4.78 is 5.21. The Morgan fingerprint density at radius 3 is 2.54 bits per heavy atom. The minimum Gasteiger partial charge on any atom is -0.465 e. The predicted octanol–water partition coefficient (Wildman–Crippen LogP) is 2.84. The Kier molecular flexibility index (Phi) is 4.06. The summed E-state index contributed by atoms with van der Waals surface area (Å²) in [6.45, 7) is 1.99. The largest absolute Gasteiger partial charge is 0.465 e. The van der Waals surface area contributed by atoms with Crippen LogP contribution in [0.5, 0.6) is 5.75 Å². The standard InChI is InChI=1S/C10H13ClO2/c1-2-3-10(12)13-9-6-4-8(11)5-7-9/h4-7,10,12H,2-3H2,1H3. The fourth-order valence-corrected chi connectivity index (χ4v) is 1.10. The van der Waals surface area contributed by atoms with Crippen molar-refractivity contribution in [2.24, 2.45) is 0 Å². The molecule has 0 heterocycles. The van der Waals surface area contributed by atoms with Gasteiger partial charge in [-0.2, -0.15) is 0 Å². The normalized spacial score (nSPS) is 12.5. The smallest absolute Gasteiger partial charge is 0.197 e. The van der Waals surface area contributed by atoms with Gasteiger partial charge in [0, 0.05) is 11.4 Å². The van der Waals surface area contributed by atoms with Gasteiger partial charge in [0.15, 0.2) is 6.29 Å². The lowest BCUT2D eigenvalue weighted by atomic mass is 10.3. The Balaban J connectivity index is 2.49. The lowest BCUT2D eigenvalue weighted by Crippen LogP contribution is -2.14. The van der Waals surface area contributed by atoms with E-state index < -0.39 is 6.29 Å². The molecule has 1 aromatic rings. The number of aliphatic hydroxyl groups is 1. The van der Waals surface area contributed by atoms with Crippen LogP contribution in [0.2, 0.25) is 5.02 Å². The molecule has 3 heteroatoms. The van der Waals surface area contributed by atoms with E-state index in [1.54, 1.807) is 24.3 Å². The second kappa shape index (κ2) is 5.10. The summed E-state index contributed by atoms with van der Waals surface area (Å²) in [6.07, 6.45) is 0.823. The summed E-state index contributed by atoms with van der Waals surface area (Å²) in [4.78, 5) is 0. The first-order valence-corrected chi connectivity index (χ1v) is 4.70. The maximum Gasteiger partial charge on any atom is 0.197 e. The highest BCUT2D eigenvalue weighted by molar-refractivity contribution is 6.30. The zero-order valence-electron chi connectivity index (χ0n) is 7.53. The fraction of sp³-hybridized carbons (Fsp3) is 0.400. The molecule has 0 amide bonds. The Labute approximate surface area is 83.1 Å². The Morgan fingerprint density at radius 2 is 2.00 bits per heavy atom. The molecule has 0 bridgehead atoms. The zero-order chi connectivity index (χ0) is 9.68. The summed E-state index contributed by atoms with van der Waals surface area (Å²) in [5.41, 5.74) is 0. The van der Waals surface area contributed by atoms with Gasteiger partial charge in [-0.25, -0.2) is 0 Å². The Morgan fingerprint density at radius 1 is 1.38 bits per heavy atom. The summed E-state index contributed by atoms with van der Waals surface area (Å²) in [5.74, 6) is 0.644. The highest BCUT2D eigenvalue weighted by Gasteiger charge is 2.03. The molecule has 2 nitrogen and oxygen atoms in total. The van der Waals surface area contributed by atoms with E-state index in [9.17, 15) is 5.11 Å². The topological polar surface area (TPSA) is 29.5 Å². The lowest BCUT2D eigenvalue weighted by Gasteiger charge is -2.11. The molecule has 0 aliphatic carbocycles. The van der Waals surface area contributed by atoms with Crippen molar-refractivity contribution >= 4 is 11.6 Å². The molecule has 1 unspecified atom stereocenters. The Hall–Kier alpha value is -0.730. The third-order valence-electron chi connectivity index (χ3n) is 1.62. The van der Waals surface area contributed by atoms with E-state index in [-0.39, 0.29) is 0 Å². The summed E-state index contributed by atoms with van der Waals surface area (Å²) in [6, 6.07) is 6.94. The van der Waals surface area contributed by atoms with Gasteiger partial charge in [0.25, 0.3) is 0 Å². The van der Waals surface area contributed by atoms with Crippen molar-refractivity contribution in [2.45, 2.75) is 26.1 Å². The molecule has 0 radical (unpaired) electrons. The number of aliphatic hydroxyl groups excluding tert-OH is 1. The number of ether oxygens (including phenoxy) is 1. The molecule has 0 fully saturated rings. The van der Waals surface area contributed by atoms with Crippen molar-refractivity contribution in [1.82, 2.24) is 0 Å². The molecule has 0 aliphatic rings. The number of rotatable bonds is 4. The molecule has 1 rings (SSSR count). The van der Waals surface area contributed by atoms with Crippen LogP contribution in [0.15, 0.2) is 24.3 Å². The van der Waals surface area contributed by atoms with E-state index >= 15 is 0 Å². The maximum absolute atomic E-state index is 9.32. The van der Waals surface area contributed by atoms with Gasteiger partial charge >= 0.3 is 0 Å². The number of halogens is 1. The van der Waals surface area contributed by atoms with Crippen molar-refractivity contribution in [1.29, 1.82) is 0 Å². The van der Waals surface area contributed by atoms with Crippen LogP contribution in [0.25, 0.3) is 0 Å². The average Bonchev–Trinajstić information content (AvgIpc) is 2.09. The van der Waals surface area contributed by atoms with Crippen molar-refractivity contribution in [3.63, 3.8) is 0 Å². The molecular formula is C10H13ClO2. The van der Waals surface area contributed by atoms with Gasteiger partial charge in [-0.05, 0) is 24.3 Å². The Bertz CT molecular complexity index is 246. The van der Waals surface area contributed by atoms with E-state index in [0.717, 1.165) is 6.42 Å².